The average Bonchev–Trinajstić information content (AvgIpc) is 2.65. The lowest BCUT2D eigenvalue weighted by atomic mass is 9.89. The zero-order valence-corrected chi connectivity index (χ0v) is 14.9. The van der Waals surface area contributed by atoms with Gasteiger partial charge < -0.3 is 5.32 Å². The lowest BCUT2D eigenvalue weighted by molar-refractivity contribution is -0.121. The van der Waals surface area contributed by atoms with E-state index in [-0.39, 0.29) is 17.6 Å². The molecule has 0 aromatic heterocycles. The third-order valence-corrected chi connectivity index (χ3v) is 5.13. The van der Waals surface area contributed by atoms with Gasteiger partial charge in [0, 0.05) is 6.07 Å². The minimum absolute atomic E-state index is 0.110. The molecule has 1 N–H and O–H groups in total. The molecule has 5 heteroatoms. The van der Waals surface area contributed by atoms with Gasteiger partial charge in [-0.25, -0.2) is 8.78 Å². The Balaban J connectivity index is 1.52. The van der Waals surface area contributed by atoms with Crippen molar-refractivity contribution in [3.8, 4) is 0 Å². The highest BCUT2D eigenvalue weighted by Gasteiger charge is 2.27. The van der Waals surface area contributed by atoms with Crippen molar-refractivity contribution in [3.05, 3.63) is 65.7 Å². The number of rotatable bonds is 5. The van der Waals surface area contributed by atoms with Gasteiger partial charge in [-0.2, -0.15) is 0 Å². The minimum atomic E-state index is -0.631. The van der Waals surface area contributed by atoms with E-state index in [2.05, 4.69) is 34.5 Å². The normalized spacial score (nSPS) is 17.0. The summed E-state index contributed by atoms with van der Waals surface area (Å²) in [7, 11) is 0. The molecule has 1 aliphatic heterocycles. The third kappa shape index (κ3) is 4.67. The maximum absolute atomic E-state index is 13.7. The van der Waals surface area contributed by atoms with Crippen molar-refractivity contribution in [2.75, 3.05) is 18.4 Å². The quantitative estimate of drug-likeness (QED) is 0.867. The molecule has 26 heavy (non-hydrogen) atoms. The second kappa shape index (κ2) is 8.41. The summed E-state index contributed by atoms with van der Waals surface area (Å²) in [5, 5.41) is 2.50. The molecule has 3 rings (SSSR count). The van der Waals surface area contributed by atoms with E-state index in [9.17, 15) is 13.6 Å². The Labute approximate surface area is 153 Å². The Morgan fingerprint density at radius 2 is 1.85 bits per heavy atom. The highest BCUT2D eigenvalue weighted by atomic mass is 19.1. The fraction of sp³-hybridized carbons (Fsp3) is 0.381. The Bertz CT molecular complexity index is 743. The van der Waals surface area contributed by atoms with E-state index in [4.69, 9.17) is 0 Å². The van der Waals surface area contributed by atoms with Gasteiger partial charge in [0.2, 0.25) is 5.91 Å². The van der Waals surface area contributed by atoms with Crippen LogP contribution in [0.1, 0.15) is 25.3 Å². The first kappa shape index (κ1) is 18.5. The number of hydrogen-bond donors (Lipinski definition) is 1. The Morgan fingerprint density at radius 1 is 1.15 bits per heavy atom. The van der Waals surface area contributed by atoms with Crippen molar-refractivity contribution in [1.29, 1.82) is 0 Å². The monoisotopic (exact) mass is 358 g/mol. The molecule has 1 aliphatic rings. The summed E-state index contributed by atoms with van der Waals surface area (Å²) in [6.45, 7) is 3.47. The molecule has 1 atom stereocenters. The first-order chi connectivity index (χ1) is 12.5. The Hall–Kier alpha value is -2.27. The van der Waals surface area contributed by atoms with Gasteiger partial charge in [0.25, 0.3) is 0 Å². The van der Waals surface area contributed by atoms with E-state index in [0.29, 0.717) is 5.92 Å². The molecule has 0 saturated carbocycles. The van der Waals surface area contributed by atoms with E-state index in [0.717, 1.165) is 50.6 Å². The van der Waals surface area contributed by atoms with Crippen LogP contribution < -0.4 is 5.32 Å². The topological polar surface area (TPSA) is 32.3 Å². The van der Waals surface area contributed by atoms with Gasteiger partial charge in [0.1, 0.15) is 11.6 Å². The van der Waals surface area contributed by atoms with E-state index >= 15 is 0 Å². The summed E-state index contributed by atoms with van der Waals surface area (Å²) in [6.07, 6.45) is 3.12. The molecule has 0 spiro atoms. The van der Waals surface area contributed by atoms with Crippen LogP contribution in [-0.4, -0.2) is 29.9 Å². The Kier molecular flexibility index (Phi) is 5.99. The number of likely N-dealkylation sites (tertiary alicyclic amines) is 1. The van der Waals surface area contributed by atoms with Gasteiger partial charge in [-0.05, 0) is 62.9 Å². The zero-order chi connectivity index (χ0) is 18.5. The summed E-state index contributed by atoms with van der Waals surface area (Å²) >= 11 is 0. The van der Waals surface area contributed by atoms with Gasteiger partial charge >= 0.3 is 0 Å². The fourth-order valence-electron chi connectivity index (χ4n) is 3.49. The molecule has 138 valence electrons. The molecule has 0 bridgehead atoms. The van der Waals surface area contributed by atoms with Crippen LogP contribution in [0.2, 0.25) is 0 Å². The number of hydrogen-bond acceptors (Lipinski definition) is 2. The first-order valence-corrected chi connectivity index (χ1v) is 9.07. The van der Waals surface area contributed by atoms with Gasteiger partial charge in [-0.1, -0.05) is 30.3 Å². The molecule has 1 fully saturated rings. The van der Waals surface area contributed by atoms with Gasteiger partial charge in [0.05, 0.1) is 11.7 Å². The van der Waals surface area contributed by atoms with Gasteiger partial charge in [-0.3, -0.25) is 9.69 Å². The highest BCUT2D eigenvalue weighted by molar-refractivity contribution is 5.94. The molecule has 1 unspecified atom stereocenters. The van der Waals surface area contributed by atoms with Crippen LogP contribution >= 0.6 is 0 Å². The third-order valence-electron chi connectivity index (χ3n) is 5.13. The molecule has 0 radical (unpaired) electrons. The molecular weight excluding hydrogens is 334 g/mol. The van der Waals surface area contributed by atoms with Crippen LogP contribution in [0, 0.1) is 17.6 Å². The Morgan fingerprint density at radius 3 is 2.54 bits per heavy atom. The maximum Gasteiger partial charge on any atom is 0.241 e. The fourth-order valence-corrected chi connectivity index (χ4v) is 3.49. The van der Waals surface area contributed by atoms with Crippen LogP contribution in [0.15, 0.2) is 48.5 Å². The molecule has 2 aromatic rings. The van der Waals surface area contributed by atoms with E-state index in [1.807, 2.05) is 13.0 Å². The number of halogens is 2. The summed E-state index contributed by atoms with van der Waals surface area (Å²) in [6, 6.07) is 13.1. The van der Waals surface area contributed by atoms with Gasteiger partial charge in [0.15, 0.2) is 0 Å². The molecule has 1 saturated heterocycles. The smallest absolute Gasteiger partial charge is 0.241 e. The minimum Gasteiger partial charge on any atom is -0.322 e. The van der Waals surface area contributed by atoms with Crippen LogP contribution in [0.3, 0.4) is 0 Å². The number of nitrogens with one attached hydrogen (secondary N) is 1. The van der Waals surface area contributed by atoms with Crippen LogP contribution in [0.5, 0.6) is 0 Å². The van der Waals surface area contributed by atoms with E-state index in [1.54, 1.807) is 0 Å². The molecular formula is C21H24F2N2O. The number of carbonyl (C=O) groups excluding carboxylic acids is 1. The average molecular weight is 358 g/mol. The van der Waals surface area contributed by atoms with E-state index < -0.39 is 11.6 Å². The number of nitrogens with zero attached hydrogens (tertiary/aromatic N) is 1. The van der Waals surface area contributed by atoms with Gasteiger partial charge in [-0.15, -0.1) is 0 Å². The predicted molar refractivity (Wildman–Crippen MR) is 98.9 cm³/mol. The lowest BCUT2D eigenvalue weighted by Crippen LogP contribution is -2.46. The first-order valence-electron chi connectivity index (χ1n) is 9.07. The SMILES string of the molecule is CC(C(=O)Nc1cc(F)ccc1F)N1CCC(Cc2ccccc2)CC1. The largest absolute Gasteiger partial charge is 0.322 e. The van der Waals surface area contributed by atoms with Crippen LogP contribution in [0.4, 0.5) is 14.5 Å². The number of carbonyl (C=O) groups is 1. The number of piperidine rings is 1. The summed E-state index contributed by atoms with van der Waals surface area (Å²) < 4.78 is 26.9. The molecule has 1 amide bonds. The van der Waals surface area contributed by atoms with Crippen molar-refractivity contribution < 1.29 is 13.6 Å². The highest BCUT2D eigenvalue weighted by Crippen LogP contribution is 2.23. The van der Waals surface area contributed by atoms with E-state index in [1.165, 1.54) is 5.56 Å². The second-order valence-corrected chi connectivity index (χ2v) is 6.96. The van der Waals surface area contributed by atoms with Crippen LogP contribution in [0.25, 0.3) is 0 Å². The van der Waals surface area contributed by atoms with Crippen molar-refractivity contribution >= 4 is 11.6 Å². The molecule has 3 nitrogen and oxygen atoms in total. The lowest BCUT2D eigenvalue weighted by Gasteiger charge is -2.35. The molecule has 2 aromatic carbocycles. The predicted octanol–water partition coefficient (Wildman–Crippen LogP) is 4.25. The molecule has 1 heterocycles. The summed E-state index contributed by atoms with van der Waals surface area (Å²) in [5.74, 6) is -0.898. The number of anilines is 1. The second-order valence-electron chi connectivity index (χ2n) is 6.96. The van der Waals surface area contributed by atoms with Crippen LogP contribution in [-0.2, 0) is 11.2 Å². The van der Waals surface area contributed by atoms with Crippen molar-refractivity contribution in [2.45, 2.75) is 32.2 Å². The van der Waals surface area contributed by atoms with Crippen molar-refractivity contribution in [2.24, 2.45) is 5.92 Å². The van der Waals surface area contributed by atoms with Crippen molar-refractivity contribution in [1.82, 2.24) is 4.90 Å². The summed E-state index contributed by atoms with van der Waals surface area (Å²) in [5.41, 5.74) is 1.24. The zero-order valence-electron chi connectivity index (χ0n) is 14.9. The molecule has 0 aliphatic carbocycles. The standard InChI is InChI=1S/C21H24F2N2O/c1-15(21(26)24-20-14-18(22)7-8-19(20)23)25-11-9-17(10-12-25)13-16-5-3-2-4-6-16/h2-8,14-15,17H,9-13H2,1H3,(H,24,26). The van der Waals surface area contributed by atoms with Crippen molar-refractivity contribution in [3.63, 3.8) is 0 Å². The maximum atomic E-state index is 13.7. The summed E-state index contributed by atoms with van der Waals surface area (Å²) in [4.78, 5) is 14.5. The number of amides is 1. The number of benzene rings is 2.